The lowest BCUT2D eigenvalue weighted by Gasteiger charge is -2.34. The molecule has 9 nitrogen and oxygen atoms in total. The molecule has 0 radical (unpaired) electrons. The van der Waals surface area contributed by atoms with Gasteiger partial charge in [-0.15, -0.1) is 0 Å². The molecule has 5 rings (SSSR count). The SMILES string of the molecule is CCOC(=O)C1CCN(C(C)C(=O)Nc2ccc(-n3ccn(-c4ccc(Oc5ccccc5)cc4)c3=O)cc2)CC1. The Morgan fingerprint density at radius 1 is 0.854 bits per heavy atom. The Kier molecular flexibility index (Phi) is 8.64. The minimum atomic E-state index is -0.334. The Morgan fingerprint density at radius 3 is 2.00 bits per heavy atom. The maximum atomic E-state index is 13.2. The van der Waals surface area contributed by atoms with Crippen LogP contribution in [0.25, 0.3) is 11.4 Å². The number of carbonyl (C=O) groups is 2. The van der Waals surface area contributed by atoms with E-state index in [-0.39, 0.29) is 29.5 Å². The number of hydrogen-bond donors (Lipinski definition) is 1. The summed E-state index contributed by atoms with van der Waals surface area (Å²) in [6.45, 7) is 5.40. The standard InChI is InChI=1S/C32H34N4O5/c1-3-40-31(38)24-17-19-34(20-18-24)23(2)30(37)33-25-9-11-26(12-10-25)35-21-22-36(32(35)39)27-13-15-29(16-14-27)41-28-7-5-4-6-8-28/h4-16,21-24H,3,17-20H2,1-2H3,(H,33,37). The summed E-state index contributed by atoms with van der Waals surface area (Å²) in [5.41, 5.74) is 1.84. The Bertz CT molecular complexity index is 1520. The van der Waals surface area contributed by atoms with E-state index < -0.39 is 0 Å². The first-order valence-corrected chi connectivity index (χ1v) is 13.9. The van der Waals surface area contributed by atoms with Crippen molar-refractivity contribution in [2.24, 2.45) is 5.92 Å². The molecule has 1 amide bonds. The number of hydrogen-bond acceptors (Lipinski definition) is 6. The van der Waals surface area contributed by atoms with Crippen LogP contribution in [-0.4, -0.2) is 51.6 Å². The van der Waals surface area contributed by atoms with E-state index in [0.29, 0.717) is 49.7 Å². The number of ether oxygens (including phenoxy) is 2. The predicted molar refractivity (Wildman–Crippen MR) is 157 cm³/mol. The topological polar surface area (TPSA) is 94.8 Å². The van der Waals surface area contributed by atoms with Crippen molar-refractivity contribution in [1.82, 2.24) is 14.0 Å². The second-order valence-corrected chi connectivity index (χ2v) is 10.0. The van der Waals surface area contributed by atoms with E-state index >= 15 is 0 Å². The molecule has 0 saturated carbocycles. The molecule has 9 heteroatoms. The molecule has 1 saturated heterocycles. The second kappa shape index (κ2) is 12.7. The molecule has 41 heavy (non-hydrogen) atoms. The average Bonchev–Trinajstić information content (AvgIpc) is 3.39. The summed E-state index contributed by atoms with van der Waals surface area (Å²) in [5, 5.41) is 2.96. The second-order valence-electron chi connectivity index (χ2n) is 10.0. The zero-order valence-corrected chi connectivity index (χ0v) is 23.2. The van der Waals surface area contributed by atoms with Gasteiger partial charge in [0.25, 0.3) is 0 Å². The number of imidazole rings is 1. The number of para-hydroxylation sites is 1. The summed E-state index contributed by atoms with van der Waals surface area (Å²) < 4.78 is 14.1. The summed E-state index contributed by atoms with van der Waals surface area (Å²) >= 11 is 0. The van der Waals surface area contributed by atoms with Crippen LogP contribution in [-0.2, 0) is 14.3 Å². The van der Waals surface area contributed by atoms with Crippen LogP contribution >= 0.6 is 0 Å². The summed E-state index contributed by atoms with van der Waals surface area (Å²) in [4.78, 5) is 40.2. The number of nitrogens with zero attached hydrogens (tertiary/aromatic N) is 3. The molecule has 0 aliphatic carbocycles. The van der Waals surface area contributed by atoms with Crippen molar-refractivity contribution in [2.75, 3.05) is 25.0 Å². The molecular weight excluding hydrogens is 520 g/mol. The zero-order valence-electron chi connectivity index (χ0n) is 23.2. The lowest BCUT2D eigenvalue weighted by molar-refractivity contribution is -0.149. The maximum absolute atomic E-state index is 13.2. The number of esters is 1. The molecular formula is C32H34N4O5. The molecule has 1 N–H and O–H groups in total. The fraction of sp³-hybridized carbons (Fsp3) is 0.281. The van der Waals surface area contributed by atoms with E-state index in [4.69, 9.17) is 9.47 Å². The number of anilines is 1. The number of carbonyl (C=O) groups excluding carboxylic acids is 2. The molecule has 4 aromatic rings. The fourth-order valence-electron chi connectivity index (χ4n) is 4.97. The molecule has 0 spiro atoms. The van der Waals surface area contributed by atoms with E-state index in [1.165, 1.54) is 0 Å². The van der Waals surface area contributed by atoms with Gasteiger partial charge in [-0.25, -0.2) is 4.79 Å². The molecule has 2 heterocycles. The van der Waals surface area contributed by atoms with Crippen LogP contribution in [0.15, 0.2) is 96.1 Å². The van der Waals surface area contributed by atoms with Gasteiger partial charge in [0.15, 0.2) is 0 Å². The summed E-state index contributed by atoms with van der Waals surface area (Å²) in [7, 11) is 0. The Hall–Kier alpha value is -4.63. The predicted octanol–water partition coefficient (Wildman–Crippen LogP) is 5.02. The highest BCUT2D eigenvalue weighted by Gasteiger charge is 2.30. The van der Waals surface area contributed by atoms with Gasteiger partial charge in [0.05, 0.1) is 29.9 Å². The van der Waals surface area contributed by atoms with Gasteiger partial charge in [-0.2, -0.15) is 0 Å². The molecule has 1 atom stereocenters. The van der Waals surface area contributed by atoms with Crippen molar-refractivity contribution in [3.8, 4) is 22.9 Å². The van der Waals surface area contributed by atoms with E-state index in [9.17, 15) is 14.4 Å². The van der Waals surface area contributed by atoms with Crippen molar-refractivity contribution in [1.29, 1.82) is 0 Å². The van der Waals surface area contributed by atoms with Gasteiger partial charge < -0.3 is 14.8 Å². The Balaban J connectivity index is 1.18. The number of amides is 1. The summed E-state index contributed by atoms with van der Waals surface area (Å²) in [5.74, 6) is 1.06. The van der Waals surface area contributed by atoms with Crippen LogP contribution in [0.4, 0.5) is 5.69 Å². The lowest BCUT2D eigenvalue weighted by Crippen LogP contribution is -2.47. The van der Waals surface area contributed by atoms with Gasteiger partial charge in [0.2, 0.25) is 5.91 Å². The first-order valence-electron chi connectivity index (χ1n) is 13.9. The fourth-order valence-corrected chi connectivity index (χ4v) is 4.97. The van der Waals surface area contributed by atoms with E-state index in [0.717, 1.165) is 11.4 Å². The largest absolute Gasteiger partial charge is 0.466 e. The first-order chi connectivity index (χ1) is 19.9. The summed E-state index contributed by atoms with van der Waals surface area (Å²) in [6, 6.07) is 23.7. The zero-order chi connectivity index (χ0) is 28.8. The van der Waals surface area contributed by atoms with E-state index in [1.807, 2.05) is 68.4 Å². The van der Waals surface area contributed by atoms with E-state index in [1.54, 1.807) is 45.8 Å². The quantitative estimate of drug-likeness (QED) is 0.292. The Labute approximate surface area is 238 Å². The highest BCUT2D eigenvalue weighted by molar-refractivity contribution is 5.94. The van der Waals surface area contributed by atoms with Crippen LogP contribution in [0.2, 0.25) is 0 Å². The minimum absolute atomic E-state index is 0.0969. The van der Waals surface area contributed by atoms with Gasteiger partial charge in [-0.05, 0) is 100 Å². The third kappa shape index (κ3) is 6.58. The highest BCUT2D eigenvalue weighted by Crippen LogP contribution is 2.23. The van der Waals surface area contributed by atoms with Gasteiger partial charge in [0, 0.05) is 18.1 Å². The molecule has 1 aliphatic heterocycles. The Morgan fingerprint density at radius 2 is 1.41 bits per heavy atom. The van der Waals surface area contributed by atoms with Gasteiger partial charge in [0.1, 0.15) is 11.5 Å². The third-order valence-corrected chi connectivity index (χ3v) is 7.36. The maximum Gasteiger partial charge on any atom is 0.337 e. The minimum Gasteiger partial charge on any atom is -0.466 e. The van der Waals surface area contributed by atoms with Crippen molar-refractivity contribution in [2.45, 2.75) is 32.7 Å². The molecule has 1 fully saturated rings. The van der Waals surface area contributed by atoms with Crippen LogP contribution in [0.3, 0.4) is 0 Å². The third-order valence-electron chi connectivity index (χ3n) is 7.36. The smallest absolute Gasteiger partial charge is 0.337 e. The number of aromatic nitrogens is 2. The van der Waals surface area contributed by atoms with Crippen molar-refractivity contribution >= 4 is 17.6 Å². The molecule has 0 bridgehead atoms. The van der Waals surface area contributed by atoms with Crippen molar-refractivity contribution in [3.05, 3.63) is 102 Å². The highest BCUT2D eigenvalue weighted by atomic mass is 16.5. The number of piperidine rings is 1. The normalized spacial score (nSPS) is 14.8. The van der Waals surface area contributed by atoms with Crippen molar-refractivity contribution < 1.29 is 19.1 Å². The number of rotatable bonds is 9. The van der Waals surface area contributed by atoms with Gasteiger partial charge >= 0.3 is 11.7 Å². The molecule has 1 unspecified atom stereocenters. The lowest BCUT2D eigenvalue weighted by atomic mass is 9.96. The van der Waals surface area contributed by atoms with Crippen LogP contribution in [0, 0.1) is 5.92 Å². The summed E-state index contributed by atoms with van der Waals surface area (Å²) in [6.07, 6.45) is 4.81. The molecule has 1 aliphatic rings. The monoisotopic (exact) mass is 554 g/mol. The van der Waals surface area contributed by atoms with Gasteiger partial charge in [-0.3, -0.25) is 23.6 Å². The number of likely N-dealkylation sites (tertiary alicyclic amines) is 1. The number of nitrogens with one attached hydrogen (secondary N) is 1. The van der Waals surface area contributed by atoms with Crippen LogP contribution in [0.1, 0.15) is 26.7 Å². The van der Waals surface area contributed by atoms with Crippen LogP contribution in [0.5, 0.6) is 11.5 Å². The van der Waals surface area contributed by atoms with Crippen LogP contribution < -0.4 is 15.7 Å². The molecule has 3 aromatic carbocycles. The first kappa shape index (κ1) is 27.9. The van der Waals surface area contributed by atoms with Crippen molar-refractivity contribution in [3.63, 3.8) is 0 Å². The molecule has 212 valence electrons. The van der Waals surface area contributed by atoms with Gasteiger partial charge in [-0.1, -0.05) is 18.2 Å². The van der Waals surface area contributed by atoms with E-state index in [2.05, 4.69) is 10.2 Å². The molecule has 1 aromatic heterocycles. The average molecular weight is 555 g/mol. The number of benzene rings is 3.